The van der Waals surface area contributed by atoms with Gasteiger partial charge in [-0.15, -0.1) is 11.3 Å². The Kier molecular flexibility index (Phi) is 6.23. The molecule has 2 N–H and O–H groups in total. The fourth-order valence-corrected chi connectivity index (χ4v) is 5.67. The van der Waals surface area contributed by atoms with Crippen molar-refractivity contribution in [3.8, 4) is 0 Å². The number of likely N-dealkylation sites (tertiary alicyclic amines) is 1. The summed E-state index contributed by atoms with van der Waals surface area (Å²) >= 11 is 1.75. The molecule has 2 aromatic carbocycles. The monoisotopic (exact) mass is 436 g/mol. The van der Waals surface area contributed by atoms with Gasteiger partial charge in [0.2, 0.25) is 0 Å². The second-order valence-electron chi connectivity index (χ2n) is 8.96. The van der Waals surface area contributed by atoms with Crippen molar-refractivity contribution in [2.75, 3.05) is 38.1 Å². The number of anilines is 1. The first-order chi connectivity index (χ1) is 15.2. The highest BCUT2D eigenvalue weighted by atomic mass is 32.1. The number of aromatic nitrogens is 1. The number of hydrogen-bond acceptors (Lipinski definition) is 6. The summed E-state index contributed by atoms with van der Waals surface area (Å²) in [6.45, 7) is 4.22. The highest BCUT2D eigenvalue weighted by Gasteiger charge is 2.27. The van der Waals surface area contributed by atoms with Crippen LogP contribution in [0.15, 0.2) is 48.5 Å². The zero-order valence-electron chi connectivity index (χ0n) is 18.2. The van der Waals surface area contributed by atoms with Crippen molar-refractivity contribution >= 4 is 27.2 Å². The van der Waals surface area contributed by atoms with Crippen molar-refractivity contribution in [2.24, 2.45) is 5.73 Å². The molecular weight excluding hydrogens is 404 g/mol. The number of rotatable bonds is 5. The summed E-state index contributed by atoms with van der Waals surface area (Å²) < 4.78 is 8.00. The number of nitrogens with two attached hydrogens (primary N) is 1. The quantitative estimate of drug-likeness (QED) is 0.641. The van der Waals surface area contributed by atoms with E-state index < -0.39 is 0 Å². The van der Waals surface area contributed by atoms with Crippen LogP contribution in [-0.4, -0.2) is 55.3 Å². The second kappa shape index (κ2) is 9.25. The van der Waals surface area contributed by atoms with E-state index in [0.717, 1.165) is 62.4 Å². The van der Waals surface area contributed by atoms with Crippen LogP contribution in [0.3, 0.4) is 0 Å². The van der Waals surface area contributed by atoms with Crippen LogP contribution in [0.5, 0.6) is 0 Å². The molecule has 2 aliphatic heterocycles. The van der Waals surface area contributed by atoms with Crippen molar-refractivity contribution in [2.45, 2.75) is 43.9 Å². The minimum atomic E-state index is -0.127. The van der Waals surface area contributed by atoms with Gasteiger partial charge in [-0.05, 0) is 62.6 Å². The van der Waals surface area contributed by atoms with Crippen molar-refractivity contribution in [1.82, 2.24) is 9.88 Å². The highest BCUT2D eigenvalue weighted by Crippen LogP contribution is 2.36. The predicted octanol–water partition coefficient (Wildman–Crippen LogP) is 4.42. The fraction of sp³-hybridized carbons (Fsp3) is 0.480. The maximum Gasteiger partial charge on any atom is 0.134 e. The molecular formula is C25H32N4OS. The number of thiazole rings is 1. The molecule has 5 nitrogen and oxygen atoms in total. The Hall–Kier alpha value is -1.99. The molecule has 1 atom stereocenters. The number of ether oxygens (including phenoxy) is 1. The van der Waals surface area contributed by atoms with Crippen LogP contribution in [0.1, 0.15) is 42.4 Å². The summed E-state index contributed by atoms with van der Waals surface area (Å²) in [4.78, 5) is 9.81. The number of para-hydroxylation sites is 1. The average Bonchev–Trinajstić information content (AvgIpc) is 3.23. The molecule has 2 fully saturated rings. The van der Waals surface area contributed by atoms with E-state index in [1.54, 1.807) is 11.3 Å². The molecule has 0 radical (unpaired) electrons. The molecule has 6 heteroatoms. The molecule has 1 aromatic heterocycles. The van der Waals surface area contributed by atoms with E-state index in [2.05, 4.69) is 65.4 Å². The molecule has 2 saturated heterocycles. The number of benzene rings is 2. The normalized spacial score (nSPS) is 20.4. The molecule has 3 aromatic rings. The van der Waals surface area contributed by atoms with E-state index in [4.69, 9.17) is 15.5 Å². The Morgan fingerprint density at radius 2 is 1.77 bits per heavy atom. The maximum atomic E-state index is 6.78. The van der Waals surface area contributed by atoms with Gasteiger partial charge in [-0.1, -0.05) is 24.3 Å². The number of hydrogen-bond donors (Lipinski definition) is 1. The van der Waals surface area contributed by atoms with Gasteiger partial charge in [0.25, 0.3) is 0 Å². The largest absolute Gasteiger partial charge is 0.371 e. The van der Waals surface area contributed by atoms with Crippen molar-refractivity contribution < 1.29 is 4.74 Å². The Bertz CT molecular complexity index is 972. The first-order valence-electron chi connectivity index (χ1n) is 11.5. The zero-order valence-corrected chi connectivity index (χ0v) is 19.1. The molecule has 2 aliphatic rings. The smallest absolute Gasteiger partial charge is 0.134 e. The van der Waals surface area contributed by atoms with Crippen LogP contribution >= 0.6 is 11.3 Å². The van der Waals surface area contributed by atoms with E-state index in [0.29, 0.717) is 6.04 Å². The molecule has 0 amide bonds. The lowest BCUT2D eigenvalue weighted by atomic mass is 10.0. The Morgan fingerprint density at radius 1 is 1.00 bits per heavy atom. The van der Waals surface area contributed by atoms with Crippen LogP contribution in [0, 0.1) is 0 Å². The third-order valence-electron chi connectivity index (χ3n) is 6.61. The Morgan fingerprint density at radius 3 is 2.55 bits per heavy atom. The molecule has 1 unspecified atom stereocenters. The zero-order chi connectivity index (χ0) is 21.2. The van der Waals surface area contributed by atoms with Gasteiger partial charge in [0, 0.05) is 37.9 Å². The van der Waals surface area contributed by atoms with Crippen molar-refractivity contribution in [3.63, 3.8) is 0 Å². The van der Waals surface area contributed by atoms with Crippen LogP contribution in [-0.2, 0) is 4.74 Å². The van der Waals surface area contributed by atoms with E-state index in [9.17, 15) is 0 Å². The topological polar surface area (TPSA) is 54.6 Å². The van der Waals surface area contributed by atoms with Crippen LogP contribution in [0.2, 0.25) is 0 Å². The first kappa shape index (κ1) is 20.9. The first-order valence-corrected chi connectivity index (χ1v) is 12.3. The molecule has 3 heterocycles. The lowest BCUT2D eigenvalue weighted by molar-refractivity contribution is -0.0234. The lowest BCUT2D eigenvalue weighted by Gasteiger charge is -2.33. The van der Waals surface area contributed by atoms with E-state index >= 15 is 0 Å². The van der Waals surface area contributed by atoms with Crippen LogP contribution in [0.25, 0.3) is 10.2 Å². The summed E-state index contributed by atoms with van der Waals surface area (Å²) in [5.74, 6) is 0. The van der Waals surface area contributed by atoms with Gasteiger partial charge < -0.3 is 20.3 Å². The van der Waals surface area contributed by atoms with Crippen molar-refractivity contribution in [3.05, 3.63) is 59.1 Å². The van der Waals surface area contributed by atoms with E-state index in [-0.39, 0.29) is 12.2 Å². The Balaban J connectivity index is 1.45. The minimum absolute atomic E-state index is 0.127. The summed E-state index contributed by atoms with van der Waals surface area (Å²) in [5.41, 5.74) is 9.64. The third kappa shape index (κ3) is 4.77. The molecule has 0 aliphatic carbocycles. The maximum absolute atomic E-state index is 6.78. The lowest BCUT2D eigenvalue weighted by Crippen LogP contribution is -2.39. The third-order valence-corrected chi connectivity index (χ3v) is 7.69. The van der Waals surface area contributed by atoms with Crippen LogP contribution < -0.4 is 10.6 Å². The summed E-state index contributed by atoms with van der Waals surface area (Å²) in [6.07, 6.45) is 4.39. The standard InChI is InChI=1S/C25H32N4OS/c1-28-13-11-21(12-14-28)30-24(25-27-22-7-2-3-8-23(22)31-25)18-5-4-6-20(17-18)29-15-9-19(26)10-16-29/h2-8,17,19,21,24H,9-16,26H2,1H3. The molecule has 0 bridgehead atoms. The second-order valence-corrected chi connectivity index (χ2v) is 10.0. The minimum Gasteiger partial charge on any atom is -0.371 e. The molecule has 164 valence electrons. The van der Waals surface area contributed by atoms with Gasteiger partial charge in [-0.3, -0.25) is 0 Å². The molecule has 31 heavy (non-hydrogen) atoms. The van der Waals surface area contributed by atoms with E-state index in [1.807, 2.05) is 0 Å². The number of piperidine rings is 2. The van der Waals surface area contributed by atoms with Crippen molar-refractivity contribution in [1.29, 1.82) is 0 Å². The molecule has 0 saturated carbocycles. The van der Waals surface area contributed by atoms with Gasteiger partial charge in [-0.2, -0.15) is 0 Å². The van der Waals surface area contributed by atoms with Gasteiger partial charge in [0.15, 0.2) is 0 Å². The number of nitrogens with zero attached hydrogens (tertiary/aromatic N) is 3. The SMILES string of the molecule is CN1CCC(OC(c2cccc(N3CCC(N)CC3)c2)c2nc3ccccc3s2)CC1. The fourth-order valence-electron chi connectivity index (χ4n) is 4.64. The highest BCUT2D eigenvalue weighted by molar-refractivity contribution is 7.18. The molecule has 0 spiro atoms. The number of fused-ring (bicyclic) bond motifs is 1. The summed E-state index contributed by atoms with van der Waals surface area (Å²) in [5, 5.41) is 1.05. The van der Waals surface area contributed by atoms with E-state index in [1.165, 1.54) is 16.0 Å². The predicted molar refractivity (Wildman–Crippen MR) is 129 cm³/mol. The average molecular weight is 437 g/mol. The summed E-state index contributed by atoms with van der Waals surface area (Å²) in [6, 6.07) is 17.6. The van der Waals surface area contributed by atoms with Gasteiger partial charge in [-0.25, -0.2) is 4.98 Å². The van der Waals surface area contributed by atoms with Gasteiger partial charge in [0.1, 0.15) is 11.1 Å². The summed E-state index contributed by atoms with van der Waals surface area (Å²) in [7, 11) is 2.19. The van der Waals surface area contributed by atoms with Gasteiger partial charge >= 0.3 is 0 Å². The molecule has 5 rings (SSSR count). The van der Waals surface area contributed by atoms with Gasteiger partial charge in [0.05, 0.1) is 16.3 Å². The Labute approximate surface area is 188 Å². The van der Waals surface area contributed by atoms with Crippen LogP contribution in [0.4, 0.5) is 5.69 Å².